The number of unbranched alkanes of at least 4 members (excludes halogenated alkanes) is 2. The molecule has 2 unspecified atom stereocenters. The molecule has 2 atom stereocenters. The summed E-state index contributed by atoms with van der Waals surface area (Å²) < 4.78 is 5.36. The first-order valence-electron chi connectivity index (χ1n) is 6.47. The van der Waals surface area contributed by atoms with Gasteiger partial charge in [0.25, 0.3) is 0 Å². The van der Waals surface area contributed by atoms with Gasteiger partial charge in [-0.2, -0.15) is 0 Å². The summed E-state index contributed by atoms with van der Waals surface area (Å²) in [6.07, 6.45) is 9.70. The molecule has 0 spiro atoms. The van der Waals surface area contributed by atoms with Crippen LogP contribution in [0.3, 0.4) is 0 Å². The predicted octanol–water partition coefficient (Wildman–Crippen LogP) is 3.37. The van der Waals surface area contributed by atoms with E-state index >= 15 is 0 Å². The molecule has 3 nitrogen and oxygen atoms in total. The standard InChI is InChI=1S/C15H26O3/c1-4-13(15(18-3)11-12-16)9-7-6-8-10-14(17)5-2/h4-5,10,13,15-17H,1-2,6-9,11-12H2,3H3/b14-10+. The zero-order chi connectivity index (χ0) is 13.8. The largest absolute Gasteiger partial charge is 0.508 e. The van der Waals surface area contributed by atoms with Crippen LogP contribution in [0.1, 0.15) is 32.1 Å². The average Bonchev–Trinajstić information content (AvgIpc) is 2.40. The van der Waals surface area contributed by atoms with Crippen molar-refractivity contribution in [3.8, 4) is 0 Å². The van der Waals surface area contributed by atoms with E-state index in [4.69, 9.17) is 9.84 Å². The van der Waals surface area contributed by atoms with Crippen molar-refractivity contribution in [1.29, 1.82) is 0 Å². The van der Waals surface area contributed by atoms with E-state index < -0.39 is 0 Å². The fourth-order valence-electron chi connectivity index (χ4n) is 1.95. The van der Waals surface area contributed by atoms with Gasteiger partial charge in [-0.25, -0.2) is 0 Å². The Hall–Kier alpha value is -1.06. The minimum Gasteiger partial charge on any atom is -0.508 e. The summed E-state index contributed by atoms with van der Waals surface area (Å²) in [4.78, 5) is 0. The molecule has 0 rings (SSSR count). The number of hydrogen-bond acceptors (Lipinski definition) is 3. The maximum Gasteiger partial charge on any atom is 0.111 e. The fraction of sp³-hybridized carbons (Fsp3) is 0.600. The Morgan fingerprint density at radius 2 is 2.00 bits per heavy atom. The molecule has 3 heteroatoms. The molecule has 0 bridgehead atoms. The lowest BCUT2D eigenvalue weighted by Crippen LogP contribution is -2.22. The number of methoxy groups -OCH3 is 1. The number of rotatable bonds is 11. The Labute approximate surface area is 110 Å². The second-order valence-electron chi connectivity index (χ2n) is 4.30. The maximum absolute atomic E-state index is 9.19. The molecule has 0 saturated carbocycles. The van der Waals surface area contributed by atoms with E-state index in [0.29, 0.717) is 6.42 Å². The van der Waals surface area contributed by atoms with Crippen molar-refractivity contribution in [3.05, 3.63) is 37.1 Å². The number of aliphatic hydroxyl groups is 2. The van der Waals surface area contributed by atoms with Gasteiger partial charge in [0.05, 0.1) is 6.10 Å². The van der Waals surface area contributed by atoms with E-state index in [1.165, 1.54) is 6.08 Å². The number of aliphatic hydroxyl groups excluding tert-OH is 2. The van der Waals surface area contributed by atoms with Gasteiger partial charge in [-0.15, -0.1) is 6.58 Å². The molecular weight excluding hydrogens is 228 g/mol. The van der Waals surface area contributed by atoms with Crippen LogP contribution in [0.2, 0.25) is 0 Å². The highest BCUT2D eigenvalue weighted by Crippen LogP contribution is 2.19. The van der Waals surface area contributed by atoms with Crippen LogP contribution in [-0.2, 0) is 4.74 Å². The Bertz CT molecular complexity index is 258. The number of ether oxygens (including phenoxy) is 1. The van der Waals surface area contributed by atoms with Crippen LogP contribution in [0, 0.1) is 5.92 Å². The summed E-state index contributed by atoms with van der Waals surface area (Å²) in [6.45, 7) is 7.45. The van der Waals surface area contributed by atoms with Gasteiger partial charge in [0.2, 0.25) is 0 Å². The van der Waals surface area contributed by atoms with Crippen molar-refractivity contribution in [2.24, 2.45) is 5.92 Å². The molecule has 0 aliphatic heterocycles. The van der Waals surface area contributed by atoms with Crippen molar-refractivity contribution >= 4 is 0 Å². The third kappa shape index (κ3) is 7.30. The van der Waals surface area contributed by atoms with Crippen LogP contribution < -0.4 is 0 Å². The van der Waals surface area contributed by atoms with Gasteiger partial charge in [0.1, 0.15) is 5.76 Å². The number of allylic oxidation sites excluding steroid dienone is 2. The van der Waals surface area contributed by atoms with Crippen LogP contribution in [0.5, 0.6) is 0 Å². The molecule has 0 radical (unpaired) electrons. The van der Waals surface area contributed by atoms with E-state index in [2.05, 4.69) is 13.2 Å². The lowest BCUT2D eigenvalue weighted by molar-refractivity contribution is 0.0439. The first kappa shape index (κ1) is 16.9. The molecule has 0 aliphatic carbocycles. The molecule has 0 saturated heterocycles. The van der Waals surface area contributed by atoms with Crippen molar-refractivity contribution < 1.29 is 14.9 Å². The van der Waals surface area contributed by atoms with Gasteiger partial charge < -0.3 is 14.9 Å². The highest BCUT2D eigenvalue weighted by atomic mass is 16.5. The Kier molecular flexibility index (Phi) is 10.4. The predicted molar refractivity (Wildman–Crippen MR) is 75.6 cm³/mol. The molecule has 18 heavy (non-hydrogen) atoms. The summed E-state index contributed by atoms with van der Waals surface area (Å²) in [7, 11) is 1.67. The molecular formula is C15H26O3. The Morgan fingerprint density at radius 1 is 1.28 bits per heavy atom. The summed E-state index contributed by atoms with van der Waals surface area (Å²) >= 11 is 0. The summed E-state index contributed by atoms with van der Waals surface area (Å²) in [5.74, 6) is 0.518. The topological polar surface area (TPSA) is 49.7 Å². The first-order valence-corrected chi connectivity index (χ1v) is 6.47. The van der Waals surface area contributed by atoms with Crippen LogP contribution in [0.15, 0.2) is 37.1 Å². The van der Waals surface area contributed by atoms with Gasteiger partial charge in [0.15, 0.2) is 0 Å². The van der Waals surface area contributed by atoms with Crippen LogP contribution in [0.25, 0.3) is 0 Å². The van der Waals surface area contributed by atoms with Gasteiger partial charge in [0, 0.05) is 19.6 Å². The molecule has 0 aromatic rings. The quantitative estimate of drug-likeness (QED) is 0.257. The van der Waals surface area contributed by atoms with Crippen LogP contribution in [0.4, 0.5) is 0 Å². The molecule has 2 N–H and O–H groups in total. The SMILES string of the molecule is C=C/C(O)=C\CCCCC(C=C)C(CCO)OC. The van der Waals surface area contributed by atoms with Crippen molar-refractivity contribution in [2.75, 3.05) is 13.7 Å². The molecule has 0 heterocycles. The third-order valence-corrected chi connectivity index (χ3v) is 3.05. The van der Waals surface area contributed by atoms with E-state index in [1.54, 1.807) is 13.2 Å². The Morgan fingerprint density at radius 3 is 2.50 bits per heavy atom. The van der Waals surface area contributed by atoms with Crippen molar-refractivity contribution in [1.82, 2.24) is 0 Å². The number of hydrogen-bond donors (Lipinski definition) is 2. The molecule has 0 amide bonds. The van der Waals surface area contributed by atoms with E-state index in [9.17, 15) is 5.11 Å². The maximum atomic E-state index is 9.19. The van der Waals surface area contributed by atoms with Gasteiger partial charge in [-0.1, -0.05) is 19.1 Å². The molecule has 0 fully saturated rings. The zero-order valence-electron chi connectivity index (χ0n) is 11.3. The molecule has 0 aliphatic rings. The third-order valence-electron chi connectivity index (χ3n) is 3.05. The van der Waals surface area contributed by atoms with Crippen molar-refractivity contribution in [3.63, 3.8) is 0 Å². The minimum atomic E-state index is 0.0459. The monoisotopic (exact) mass is 254 g/mol. The second-order valence-corrected chi connectivity index (χ2v) is 4.30. The summed E-state index contributed by atoms with van der Waals surface area (Å²) in [5.41, 5.74) is 0. The fourth-order valence-corrected chi connectivity index (χ4v) is 1.95. The van der Waals surface area contributed by atoms with Crippen molar-refractivity contribution in [2.45, 2.75) is 38.2 Å². The Balaban J connectivity index is 3.92. The minimum absolute atomic E-state index is 0.0459. The highest BCUT2D eigenvalue weighted by Gasteiger charge is 2.17. The molecule has 0 aromatic carbocycles. The second kappa shape index (κ2) is 11.1. The smallest absolute Gasteiger partial charge is 0.111 e. The van der Waals surface area contributed by atoms with Crippen LogP contribution >= 0.6 is 0 Å². The molecule has 104 valence electrons. The highest BCUT2D eigenvalue weighted by molar-refractivity contribution is 5.05. The van der Waals surface area contributed by atoms with Gasteiger partial charge >= 0.3 is 0 Å². The van der Waals surface area contributed by atoms with E-state index in [1.807, 2.05) is 6.08 Å². The van der Waals surface area contributed by atoms with E-state index in [0.717, 1.165) is 25.7 Å². The summed E-state index contributed by atoms with van der Waals surface area (Å²) in [5, 5.41) is 18.1. The first-order chi connectivity index (χ1) is 8.69. The van der Waals surface area contributed by atoms with E-state index in [-0.39, 0.29) is 24.4 Å². The zero-order valence-corrected chi connectivity index (χ0v) is 11.3. The normalized spacial score (nSPS) is 15.1. The average molecular weight is 254 g/mol. The van der Waals surface area contributed by atoms with Crippen LogP contribution in [-0.4, -0.2) is 30.0 Å². The van der Waals surface area contributed by atoms with Gasteiger partial charge in [-0.3, -0.25) is 0 Å². The lowest BCUT2D eigenvalue weighted by atomic mass is 9.93. The molecule has 0 aromatic heterocycles. The lowest BCUT2D eigenvalue weighted by Gasteiger charge is -2.22. The summed E-state index contributed by atoms with van der Waals surface area (Å²) in [6, 6.07) is 0. The van der Waals surface area contributed by atoms with Gasteiger partial charge in [-0.05, 0) is 37.8 Å².